The zero-order chi connectivity index (χ0) is 31.5. The zero-order valence-corrected chi connectivity index (χ0v) is 23.4. The SMILES string of the molecule is CC(C)(O)C=C1C(=O)C(C)(C)C(=O)C(C)(C)C1(O)OC1OC(COC(=O)c2cc(O)c(O)c(O)c2)C(O)C(O)C1O. The minimum atomic E-state index is -2.81. The monoisotopic (exact) mass is 584 g/mol. The van der Waals surface area contributed by atoms with Gasteiger partial charge in [-0.25, -0.2) is 4.79 Å². The summed E-state index contributed by atoms with van der Waals surface area (Å²) in [6, 6.07) is 1.60. The average Bonchev–Trinajstić information content (AvgIpc) is 2.87. The Morgan fingerprint density at radius 1 is 1.00 bits per heavy atom. The van der Waals surface area contributed by atoms with Crippen LogP contribution in [0.1, 0.15) is 51.9 Å². The second kappa shape index (κ2) is 10.6. The van der Waals surface area contributed by atoms with E-state index in [1.165, 1.54) is 41.5 Å². The Morgan fingerprint density at radius 2 is 1.54 bits per heavy atom. The summed E-state index contributed by atoms with van der Waals surface area (Å²) in [5, 5.41) is 82.5. The molecule has 1 aliphatic carbocycles. The molecule has 1 heterocycles. The Labute approximate surface area is 235 Å². The summed E-state index contributed by atoms with van der Waals surface area (Å²) >= 11 is 0. The van der Waals surface area contributed by atoms with Gasteiger partial charge in [-0.05, 0) is 59.8 Å². The van der Waals surface area contributed by atoms with Crippen molar-refractivity contribution in [3.8, 4) is 17.2 Å². The number of carbonyl (C=O) groups is 3. The third-order valence-electron chi connectivity index (χ3n) is 7.30. The van der Waals surface area contributed by atoms with Gasteiger partial charge in [-0.1, -0.05) is 0 Å². The van der Waals surface area contributed by atoms with Crippen LogP contribution in [0.5, 0.6) is 17.2 Å². The minimum Gasteiger partial charge on any atom is -0.504 e. The first-order valence-electron chi connectivity index (χ1n) is 12.6. The molecule has 14 heteroatoms. The lowest BCUT2D eigenvalue weighted by atomic mass is 9.57. The van der Waals surface area contributed by atoms with Crippen molar-refractivity contribution in [2.75, 3.05) is 6.61 Å². The van der Waals surface area contributed by atoms with Gasteiger partial charge in [0.1, 0.15) is 31.0 Å². The lowest BCUT2D eigenvalue weighted by Crippen LogP contribution is -2.68. The van der Waals surface area contributed by atoms with Crippen LogP contribution < -0.4 is 0 Å². The third-order valence-corrected chi connectivity index (χ3v) is 7.30. The van der Waals surface area contributed by atoms with Crippen LogP contribution in [-0.2, 0) is 23.8 Å². The molecule has 1 saturated heterocycles. The largest absolute Gasteiger partial charge is 0.504 e. The molecule has 14 nitrogen and oxygen atoms in total. The van der Waals surface area contributed by atoms with E-state index in [4.69, 9.17) is 14.2 Å². The number of ether oxygens (including phenoxy) is 3. The molecule has 0 radical (unpaired) electrons. The fraction of sp³-hybridized carbons (Fsp3) is 0.593. The standard InChI is InChI=1S/C27H36O14/c1-24(2,37)9-12-20(34)25(3,4)23(36)26(5,6)27(12,38)41-22-19(33)18(32)17(31)15(40-22)10-39-21(35)11-7-13(28)16(30)14(29)8-11/h7-9,15,17-19,22,28-33,37-38H,10H2,1-6H3. The van der Waals surface area contributed by atoms with E-state index in [2.05, 4.69) is 0 Å². The van der Waals surface area contributed by atoms with Crippen LogP contribution in [0.25, 0.3) is 0 Å². The molecule has 1 aromatic rings. The number of carbonyl (C=O) groups excluding carboxylic acids is 3. The van der Waals surface area contributed by atoms with Crippen LogP contribution >= 0.6 is 0 Å². The predicted molar refractivity (Wildman–Crippen MR) is 136 cm³/mol. The molecule has 0 amide bonds. The maximum absolute atomic E-state index is 13.4. The van der Waals surface area contributed by atoms with Crippen LogP contribution in [0.15, 0.2) is 23.8 Å². The van der Waals surface area contributed by atoms with Crippen molar-refractivity contribution < 1.29 is 69.4 Å². The third kappa shape index (κ3) is 5.68. The summed E-state index contributed by atoms with van der Waals surface area (Å²) in [5.41, 5.74) is -6.09. The molecule has 8 N–H and O–H groups in total. The van der Waals surface area contributed by atoms with Gasteiger partial charge in [0.2, 0.25) is 5.79 Å². The summed E-state index contributed by atoms with van der Waals surface area (Å²) in [7, 11) is 0. The quantitative estimate of drug-likeness (QED) is 0.0683. The lowest BCUT2D eigenvalue weighted by molar-refractivity contribution is -0.369. The molecule has 41 heavy (non-hydrogen) atoms. The van der Waals surface area contributed by atoms with Gasteiger partial charge in [0, 0.05) is 0 Å². The molecule has 0 aromatic heterocycles. The lowest BCUT2D eigenvalue weighted by Gasteiger charge is -2.52. The number of phenolic OH excluding ortho intramolecular Hbond substituents is 3. The molecule has 2 aliphatic rings. The summed E-state index contributed by atoms with van der Waals surface area (Å²) < 4.78 is 16.2. The molecule has 1 saturated carbocycles. The molecule has 6 unspecified atom stereocenters. The van der Waals surface area contributed by atoms with Crippen LogP contribution in [0, 0.1) is 10.8 Å². The Hall–Kier alpha value is -3.11. The number of phenols is 3. The van der Waals surface area contributed by atoms with Gasteiger partial charge >= 0.3 is 5.97 Å². The Balaban J connectivity index is 1.93. The van der Waals surface area contributed by atoms with E-state index in [0.29, 0.717) is 0 Å². The normalized spacial score (nSPS) is 32.7. The molecule has 3 rings (SSSR count). The van der Waals surface area contributed by atoms with Crippen molar-refractivity contribution >= 4 is 17.5 Å². The molecule has 1 aliphatic heterocycles. The molecule has 1 aromatic carbocycles. The number of hydrogen-bond donors (Lipinski definition) is 8. The van der Waals surface area contributed by atoms with Crippen molar-refractivity contribution in [2.45, 2.75) is 83.6 Å². The van der Waals surface area contributed by atoms with Crippen LogP contribution in [0.4, 0.5) is 0 Å². The smallest absolute Gasteiger partial charge is 0.338 e. The summed E-state index contributed by atoms with van der Waals surface area (Å²) in [6.07, 6.45) is -8.48. The van der Waals surface area contributed by atoms with Gasteiger partial charge in [-0.15, -0.1) is 0 Å². The van der Waals surface area contributed by atoms with Gasteiger partial charge in [-0.2, -0.15) is 0 Å². The molecular weight excluding hydrogens is 548 g/mol. The van der Waals surface area contributed by atoms with Crippen molar-refractivity contribution in [2.24, 2.45) is 10.8 Å². The Kier molecular flexibility index (Phi) is 8.39. The summed E-state index contributed by atoms with van der Waals surface area (Å²) in [4.78, 5) is 39.2. The fourth-order valence-electron chi connectivity index (χ4n) is 4.88. The first kappa shape index (κ1) is 32.4. The second-order valence-electron chi connectivity index (χ2n) is 11.9. The number of aliphatic hydroxyl groups is 5. The van der Waals surface area contributed by atoms with Crippen LogP contribution in [-0.4, -0.2) is 107 Å². The van der Waals surface area contributed by atoms with Crippen molar-refractivity contribution in [1.29, 1.82) is 0 Å². The maximum atomic E-state index is 13.4. The highest BCUT2D eigenvalue weighted by Crippen LogP contribution is 2.51. The van der Waals surface area contributed by atoms with Crippen LogP contribution in [0.2, 0.25) is 0 Å². The van der Waals surface area contributed by atoms with E-state index in [1.807, 2.05) is 0 Å². The minimum absolute atomic E-state index is 0.393. The van der Waals surface area contributed by atoms with E-state index in [0.717, 1.165) is 18.2 Å². The number of ketones is 2. The molecule has 0 spiro atoms. The predicted octanol–water partition coefficient (Wildman–Crippen LogP) is -0.626. The van der Waals surface area contributed by atoms with Gasteiger partial charge < -0.3 is 55.1 Å². The van der Waals surface area contributed by atoms with E-state index < -0.39 is 105 Å². The van der Waals surface area contributed by atoms with E-state index >= 15 is 0 Å². The highest BCUT2D eigenvalue weighted by molar-refractivity contribution is 6.19. The van der Waals surface area contributed by atoms with Crippen molar-refractivity contribution in [3.63, 3.8) is 0 Å². The number of hydrogen-bond acceptors (Lipinski definition) is 14. The maximum Gasteiger partial charge on any atom is 0.338 e. The topological polar surface area (TPSA) is 241 Å². The molecular formula is C27H36O14. The number of Topliss-reactive ketones (excluding diaryl/α,β-unsaturated/α-hetero) is 2. The van der Waals surface area contributed by atoms with Crippen LogP contribution in [0.3, 0.4) is 0 Å². The fourth-order valence-corrected chi connectivity index (χ4v) is 4.88. The molecule has 6 atom stereocenters. The van der Waals surface area contributed by atoms with Gasteiger partial charge in [0.05, 0.1) is 27.6 Å². The Morgan fingerprint density at radius 3 is 2.05 bits per heavy atom. The first-order valence-corrected chi connectivity index (χ1v) is 12.6. The van der Waals surface area contributed by atoms with E-state index in [1.54, 1.807) is 0 Å². The number of rotatable bonds is 6. The van der Waals surface area contributed by atoms with Crippen molar-refractivity contribution in [3.05, 3.63) is 29.3 Å². The number of esters is 1. The van der Waals surface area contributed by atoms with E-state index in [9.17, 15) is 55.2 Å². The molecule has 2 fully saturated rings. The first-order chi connectivity index (χ1) is 18.6. The van der Waals surface area contributed by atoms with Gasteiger partial charge in [0.25, 0.3) is 0 Å². The number of aliphatic hydroxyl groups excluding tert-OH is 3. The number of benzene rings is 1. The summed E-state index contributed by atoms with van der Waals surface area (Å²) in [6.45, 7) is 7.10. The second-order valence-corrected chi connectivity index (χ2v) is 11.9. The van der Waals surface area contributed by atoms with E-state index in [-0.39, 0.29) is 0 Å². The zero-order valence-electron chi connectivity index (χ0n) is 23.4. The molecule has 228 valence electrons. The molecule has 0 bridgehead atoms. The average molecular weight is 585 g/mol. The van der Waals surface area contributed by atoms with Gasteiger partial charge in [-0.3, -0.25) is 9.59 Å². The Bertz CT molecular complexity index is 1240. The van der Waals surface area contributed by atoms with Crippen molar-refractivity contribution in [1.82, 2.24) is 0 Å². The summed E-state index contributed by atoms with van der Waals surface area (Å²) in [5.74, 6) is -8.07. The number of aromatic hydroxyl groups is 3. The highest BCUT2D eigenvalue weighted by atomic mass is 16.8. The highest BCUT2D eigenvalue weighted by Gasteiger charge is 2.66. The van der Waals surface area contributed by atoms with Gasteiger partial charge in [0.15, 0.2) is 35.1 Å².